The summed E-state index contributed by atoms with van der Waals surface area (Å²) in [5.74, 6) is 0.459. The number of carbonyl (C=O) groups excluding carboxylic acids is 1. The predicted octanol–water partition coefficient (Wildman–Crippen LogP) is 4.61. The normalized spacial score (nSPS) is 12.1. The summed E-state index contributed by atoms with van der Waals surface area (Å²) in [6, 6.07) is 8.93. The van der Waals surface area contributed by atoms with Crippen LogP contribution < -0.4 is 5.32 Å². The van der Waals surface area contributed by atoms with Gasteiger partial charge in [-0.2, -0.15) is 9.36 Å². The molecule has 124 valence electrons. The fourth-order valence-electron chi connectivity index (χ4n) is 2.02. The third kappa shape index (κ3) is 3.47. The maximum atomic E-state index is 12.2. The van der Waals surface area contributed by atoms with Crippen molar-refractivity contribution in [3.05, 3.63) is 46.8 Å². The van der Waals surface area contributed by atoms with Gasteiger partial charge in [0.2, 0.25) is 10.9 Å². The van der Waals surface area contributed by atoms with Gasteiger partial charge in [0.25, 0.3) is 5.91 Å². The van der Waals surface area contributed by atoms with Gasteiger partial charge in [0.1, 0.15) is 0 Å². The van der Waals surface area contributed by atoms with Crippen LogP contribution in [0, 0.1) is 0 Å². The second kappa shape index (κ2) is 7.11. The lowest BCUT2D eigenvalue weighted by atomic mass is 10.1. The molecule has 1 atom stereocenters. The summed E-state index contributed by atoms with van der Waals surface area (Å²) in [6.45, 7) is 4.08. The van der Waals surface area contributed by atoms with Crippen LogP contribution in [0.15, 0.2) is 34.9 Å². The fraction of sp³-hybridized carbons (Fsp3) is 0.250. The van der Waals surface area contributed by atoms with Crippen LogP contribution in [0.4, 0.5) is 5.13 Å². The lowest BCUT2D eigenvalue weighted by molar-refractivity contribution is 0.0987. The van der Waals surface area contributed by atoms with Crippen LogP contribution >= 0.6 is 23.1 Å². The molecule has 3 rings (SSSR count). The molecule has 24 heavy (non-hydrogen) atoms. The molecule has 0 unspecified atom stereocenters. The van der Waals surface area contributed by atoms with E-state index >= 15 is 0 Å². The van der Waals surface area contributed by atoms with Crippen LogP contribution in [-0.4, -0.2) is 20.4 Å². The second-order valence-corrected chi connectivity index (χ2v) is 6.44. The van der Waals surface area contributed by atoms with Crippen molar-refractivity contribution in [2.75, 3.05) is 5.32 Å². The number of hydrogen-bond donors (Lipinski definition) is 1. The zero-order chi connectivity index (χ0) is 17.1. The molecule has 0 saturated heterocycles. The summed E-state index contributed by atoms with van der Waals surface area (Å²) in [5.41, 5.74) is 1.48. The molecule has 0 aliphatic rings. The quantitative estimate of drug-likeness (QED) is 0.716. The predicted molar refractivity (Wildman–Crippen MR) is 93.5 cm³/mol. The van der Waals surface area contributed by atoms with E-state index in [-0.39, 0.29) is 11.7 Å². The molecule has 0 aliphatic heterocycles. The summed E-state index contributed by atoms with van der Waals surface area (Å²) in [7, 11) is 0. The van der Waals surface area contributed by atoms with Gasteiger partial charge < -0.3 is 4.52 Å². The Labute approximate surface area is 148 Å². The molecular formula is C16H15ClN4O2S. The van der Waals surface area contributed by atoms with Gasteiger partial charge in [-0.3, -0.25) is 10.1 Å². The van der Waals surface area contributed by atoms with Crippen molar-refractivity contribution in [1.82, 2.24) is 14.5 Å². The summed E-state index contributed by atoms with van der Waals surface area (Å²) >= 11 is 7.21. The van der Waals surface area contributed by atoms with E-state index in [1.54, 1.807) is 12.1 Å². The van der Waals surface area contributed by atoms with Gasteiger partial charge in [-0.05, 0) is 18.6 Å². The van der Waals surface area contributed by atoms with Crippen molar-refractivity contribution >= 4 is 34.2 Å². The molecule has 8 heteroatoms. The van der Waals surface area contributed by atoms with Crippen molar-refractivity contribution in [2.24, 2.45) is 0 Å². The minimum absolute atomic E-state index is 0.153. The van der Waals surface area contributed by atoms with Crippen LogP contribution in [0.3, 0.4) is 0 Å². The minimum Gasteiger partial charge on any atom is -0.351 e. The molecule has 0 bridgehead atoms. The maximum Gasteiger partial charge on any atom is 0.296 e. The Morgan fingerprint density at radius 2 is 2.21 bits per heavy atom. The molecule has 0 saturated carbocycles. The highest BCUT2D eigenvalue weighted by atomic mass is 35.5. The van der Waals surface area contributed by atoms with Crippen LogP contribution in [0.25, 0.3) is 11.4 Å². The topological polar surface area (TPSA) is 80.9 Å². The molecule has 6 nitrogen and oxygen atoms in total. The molecular weight excluding hydrogens is 348 g/mol. The minimum atomic E-state index is -0.404. The Morgan fingerprint density at radius 3 is 2.96 bits per heavy atom. The molecule has 2 heterocycles. The number of carbonyl (C=O) groups is 1. The van der Waals surface area contributed by atoms with E-state index in [0.717, 1.165) is 29.2 Å². The van der Waals surface area contributed by atoms with Gasteiger partial charge in [0.05, 0.1) is 10.7 Å². The van der Waals surface area contributed by atoms with E-state index in [0.29, 0.717) is 16.0 Å². The van der Waals surface area contributed by atoms with Gasteiger partial charge in [-0.25, -0.2) is 0 Å². The zero-order valence-electron chi connectivity index (χ0n) is 13.1. The summed E-state index contributed by atoms with van der Waals surface area (Å²) in [6.07, 6.45) is 0.922. The molecule has 1 amide bonds. The summed E-state index contributed by atoms with van der Waals surface area (Å²) in [5, 5.41) is 7.52. The van der Waals surface area contributed by atoms with Crippen LogP contribution in [-0.2, 0) is 0 Å². The molecule has 0 spiro atoms. The highest BCUT2D eigenvalue weighted by Crippen LogP contribution is 2.28. The van der Waals surface area contributed by atoms with Gasteiger partial charge in [0, 0.05) is 29.1 Å². The number of amides is 1. The van der Waals surface area contributed by atoms with Crippen molar-refractivity contribution in [3.63, 3.8) is 0 Å². The SMILES string of the molecule is CC[C@@H](C)c1cc(C(=O)Nc2nc(-c3ccccc3Cl)ns2)on1. The van der Waals surface area contributed by atoms with Gasteiger partial charge in [-0.1, -0.05) is 42.7 Å². The average Bonchev–Trinajstić information content (AvgIpc) is 3.24. The number of hydrogen-bond acceptors (Lipinski definition) is 6. The number of nitrogens with zero attached hydrogens (tertiary/aromatic N) is 3. The van der Waals surface area contributed by atoms with E-state index in [4.69, 9.17) is 16.1 Å². The Balaban J connectivity index is 1.74. The zero-order valence-corrected chi connectivity index (χ0v) is 14.7. The summed E-state index contributed by atoms with van der Waals surface area (Å²) < 4.78 is 9.33. The lowest BCUT2D eigenvalue weighted by Crippen LogP contribution is -2.10. The third-order valence-corrected chi connectivity index (χ3v) is 4.59. The Hall–Kier alpha value is -2.25. The number of rotatable bonds is 5. The molecule has 2 aromatic heterocycles. The monoisotopic (exact) mass is 362 g/mol. The Bertz CT molecular complexity index is 861. The highest BCUT2D eigenvalue weighted by Gasteiger charge is 2.18. The summed E-state index contributed by atoms with van der Waals surface area (Å²) in [4.78, 5) is 16.5. The van der Waals surface area contributed by atoms with Crippen molar-refractivity contribution in [1.29, 1.82) is 0 Å². The second-order valence-electron chi connectivity index (χ2n) is 5.28. The van der Waals surface area contributed by atoms with Gasteiger partial charge >= 0.3 is 0 Å². The van der Waals surface area contributed by atoms with E-state index in [1.165, 1.54) is 0 Å². The van der Waals surface area contributed by atoms with E-state index in [2.05, 4.69) is 26.8 Å². The highest BCUT2D eigenvalue weighted by molar-refractivity contribution is 7.10. The number of anilines is 1. The van der Waals surface area contributed by atoms with Crippen LogP contribution in [0.2, 0.25) is 5.02 Å². The molecule has 3 aromatic rings. The van der Waals surface area contributed by atoms with E-state index in [1.807, 2.05) is 25.1 Å². The Kier molecular flexibility index (Phi) is 4.92. The smallest absolute Gasteiger partial charge is 0.296 e. The standard InChI is InChI=1S/C16H15ClN4O2S/c1-3-9(2)12-8-13(23-20-12)15(22)19-16-18-14(21-24-16)10-6-4-5-7-11(10)17/h4-9H,3H2,1-2H3,(H,18,19,21,22)/t9-/m1/s1. The molecule has 0 aliphatic carbocycles. The van der Waals surface area contributed by atoms with E-state index in [9.17, 15) is 4.79 Å². The van der Waals surface area contributed by atoms with Crippen molar-refractivity contribution in [2.45, 2.75) is 26.2 Å². The third-order valence-electron chi connectivity index (χ3n) is 3.63. The molecule has 1 aromatic carbocycles. The number of nitrogens with one attached hydrogen (secondary N) is 1. The fourth-order valence-corrected chi connectivity index (χ4v) is 2.82. The number of benzene rings is 1. The first-order valence-electron chi connectivity index (χ1n) is 7.45. The van der Waals surface area contributed by atoms with Crippen molar-refractivity contribution in [3.8, 4) is 11.4 Å². The first-order valence-corrected chi connectivity index (χ1v) is 8.60. The first kappa shape index (κ1) is 16.6. The molecule has 0 fully saturated rings. The largest absolute Gasteiger partial charge is 0.351 e. The number of halogens is 1. The van der Waals surface area contributed by atoms with Gasteiger partial charge in [-0.15, -0.1) is 0 Å². The molecule has 0 radical (unpaired) electrons. The average molecular weight is 363 g/mol. The van der Waals surface area contributed by atoms with Crippen LogP contribution in [0.5, 0.6) is 0 Å². The van der Waals surface area contributed by atoms with Gasteiger partial charge in [0.15, 0.2) is 5.82 Å². The Morgan fingerprint density at radius 1 is 1.42 bits per heavy atom. The van der Waals surface area contributed by atoms with Crippen LogP contribution in [0.1, 0.15) is 42.4 Å². The first-order chi connectivity index (χ1) is 11.6. The van der Waals surface area contributed by atoms with E-state index < -0.39 is 5.91 Å². The van der Waals surface area contributed by atoms with Crippen molar-refractivity contribution < 1.29 is 9.32 Å². The maximum absolute atomic E-state index is 12.2. The lowest BCUT2D eigenvalue weighted by Gasteiger charge is -2.00. The molecule has 1 N–H and O–H groups in total. The number of aromatic nitrogens is 3.